The summed E-state index contributed by atoms with van der Waals surface area (Å²) in [5.41, 5.74) is 1.06. The zero-order valence-corrected chi connectivity index (χ0v) is 14.8. The number of hydrogen-bond donors (Lipinski definition) is 1. The molecule has 0 spiro atoms. The molecule has 1 fully saturated rings. The van der Waals surface area contributed by atoms with Crippen molar-refractivity contribution in [3.63, 3.8) is 0 Å². The van der Waals surface area contributed by atoms with E-state index in [0.29, 0.717) is 18.9 Å². The number of carbonyl (C=O) groups is 1. The Morgan fingerprint density at radius 1 is 1.52 bits per heavy atom. The van der Waals surface area contributed by atoms with Gasteiger partial charge in [0.05, 0.1) is 7.11 Å². The number of ether oxygens (including phenoxy) is 1. The summed E-state index contributed by atoms with van der Waals surface area (Å²) in [6, 6.07) is 6.23. The number of amides is 1. The molecule has 0 aromatic heterocycles. The maximum Gasteiger partial charge on any atom is 0.222 e. The summed E-state index contributed by atoms with van der Waals surface area (Å²) in [5.74, 6) is 1.03. The molecule has 6 heteroatoms. The van der Waals surface area contributed by atoms with Gasteiger partial charge in [-0.1, -0.05) is 15.9 Å². The van der Waals surface area contributed by atoms with Crippen molar-refractivity contribution >= 4 is 34.2 Å². The lowest BCUT2D eigenvalue weighted by Gasteiger charge is -2.24. The Balaban J connectivity index is 0.00000220. The first-order valence-corrected chi connectivity index (χ1v) is 7.70. The minimum absolute atomic E-state index is 0. The van der Waals surface area contributed by atoms with E-state index in [-0.39, 0.29) is 18.3 Å². The lowest BCUT2D eigenvalue weighted by atomic mass is 10.1. The molecule has 1 atom stereocenters. The summed E-state index contributed by atoms with van der Waals surface area (Å²) in [6.07, 6.45) is 2.26. The van der Waals surface area contributed by atoms with Gasteiger partial charge in [0.2, 0.25) is 5.91 Å². The quantitative estimate of drug-likeness (QED) is 0.857. The summed E-state index contributed by atoms with van der Waals surface area (Å²) in [7, 11) is 3.56. The molecular formula is C15H22BrClN2O2. The number of benzene rings is 1. The zero-order chi connectivity index (χ0) is 14.5. The van der Waals surface area contributed by atoms with Crippen LogP contribution < -0.4 is 10.1 Å². The maximum absolute atomic E-state index is 12.2. The van der Waals surface area contributed by atoms with Gasteiger partial charge < -0.3 is 15.0 Å². The summed E-state index contributed by atoms with van der Waals surface area (Å²) < 4.78 is 6.35. The van der Waals surface area contributed by atoms with Crippen LogP contribution in [0.3, 0.4) is 0 Å². The Kier molecular flexibility index (Phi) is 7.49. The Bertz CT molecular complexity index is 479. The van der Waals surface area contributed by atoms with Crippen LogP contribution in [0.15, 0.2) is 22.7 Å². The molecule has 1 N–H and O–H groups in total. The molecule has 2 rings (SSSR count). The first kappa shape index (κ1) is 18.3. The number of nitrogens with one attached hydrogen (secondary N) is 1. The van der Waals surface area contributed by atoms with Gasteiger partial charge in [-0.15, -0.1) is 12.4 Å². The highest BCUT2D eigenvalue weighted by molar-refractivity contribution is 9.10. The van der Waals surface area contributed by atoms with E-state index in [1.165, 1.54) is 0 Å². The number of halogens is 2. The summed E-state index contributed by atoms with van der Waals surface area (Å²) in [4.78, 5) is 14.1. The van der Waals surface area contributed by atoms with Gasteiger partial charge in [-0.3, -0.25) is 4.79 Å². The van der Waals surface area contributed by atoms with Crippen LogP contribution in [0.1, 0.15) is 18.4 Å². The summed E-state index contributed by atoms with van der Waals surface area (Å²) in [5, 5.41) is 3.29. The smallest absolute Gasteiger partial charge is 0.222 e. The molecule has 0 saturated carbocycles. The molecule has 1 amide bonds. The first-order valence-electron chi connectivity index (χ1n) is 6.90. The largest absolute Gasteiger partial charge is 0.496 e. The molecule has 1 saturated heterocycles. The molecule has 0 radical (unpaired) electrons. The van der Waals surface area contributed by atoms with E-state index in [9.17, 15) is 4.79 Å². The van der Waals surface area contributed by atoms with Crippen LogP contribution in [0.4, 0.5) is 0 Å². The van der Waals surface area contributed by atoms with Crippen LogP contribution >= 0.6 is 28.3 Å². The van der Waals surface area contributed by atoms with Crippen LogP contribution in [0.5, 0.6) is 5.75 Å². The average molecular weight is 378 g/mol. The SMILES string of the molecule is COc1ccc(Br)cc1CCC(=O)N(C)C1CCNC1.Cl. The molecular weight excluding hydrogens is 356 g/mol. The molecule has 118 valence electrons. The Morgan fingerprint density at radius 2 is 2.29 bits per heavy atom. The molecule has 1 heterocycles. The van der Waals surface area contributed by atoms with E-state index in [1.807, 2.05) is 30.1 Å². The topological polar surface area (TPSA) is 41.6 Å². The number of nitrogens with zero attached hydrogens (tertiary/aromatic N) is 1. The molecule has 0 aliphatic carbocycles. The van der Waals surface area contributed by atoms with Gasteiger partial charge in [-0.2, -0.15) is 0 Å². The normalized spacial score (nSPS) is 17.2. The fourth-order valence-corrected chi connectivity index (χ4v) is 2.94. The third-order valence-electron chi connectivity index (χ3n) is 3.83. The van der Waals surface area contributed by atoms with E-state index in [4.69, 9.17) is 4.74 Å². The highest BCUT2D eigenvalue weighted by Crippen LogP contribution is 2.24. The summed E-state index contributed by atoms with van der Waals surface area (Å²) >= 11 is 3.46. The van der Waals surface area contributed by atoms with E-state index in [2.05, 4.69) is 21.2 Å². The van der Waals surface area contributed by atoms with Crippen LogP contribution in [-0.2, 0) is 11.2 Å². The fraction of sp³-hybridized carbons (Fsp3) is 0.533. The van der Waals surface area contributed by atoms with Gasteiger partial charge in [0, 0.05) is 30.5 Å². The van der Waals surface area contributed by atoms with Crippen LogP contribution in [-0.4, -0.2) is 44.1 Å². The van der Waals surface area contributed by atoms with Crippen molar-refractivity contribution in [2.24, 2.45) is 0 Å². The van der Waals surface area contributed by atoms with Crippen molar-refractivity contribution in [1.82, 2.24) is 10.2 Å². The molecule has 1 aromatic rings. The molecule has 21 heavy (non-hydrogen) atoms. The predicted octanol–water partition coefficient (Wildman–Crippen LogP) is 2.63. The monoisotopic (exact) mass is 376 g/mol. The van der Waals surface area contributed by atoms with Crippen molar-refractivity contribution in [3.8, 4) is 5.75 Å². The molecule has 1 unspecified atom stereocenters. The van der Waals surface area contributed by atoms with Gasteiger partial charge in [0.25, 0.3) is 0 Å². The number of methoxy groups -OCH3 is 1. The van der Waals surface area contributed by atoms with Gasteiger partial charge in [-0.05, 0) is 43.1 Å². The predicted molar refractivity (Wildman–Crippen MR) is 90.3 cm³/mol. The Morgan fingerprint density at radius 3 is 2.90 bits per heavy atom. The highest BCUT2D eigenvalue weighted by atomic mass is 79.9. The lowest BCUT2D eigenvalue weighted by molar-refractivity contribution is -0.131. The van der Waals surface area contributed by atoms with Crippen LogP contribution in [0.2, 0.25) is 0 Å². The Labute approximate surface area is 140 Å². The van der Waals surface area contributed by atoms with E-state index < -0.39 is 0 Å². The molecule has 4 nitrogen and oxygen atoms in total. The fourth-order valence-electron chi connectivity index (χ4n) is 2.53. The van der Waals surface area contributed by atoms with Gasteiger partial charge in [0.15, 0.2) is 0 Å². The standard InChI is InChI=1S/C15H21BrN2O2.ClH/c1-18(13-7-8-17-10-13)15(19)6-3-11-9-12(16)4-5-14(11)20-2;/h4-5,9,13,17H,3,6-8,10H2,1-2H3;1H. The maximum atomic E-state index is 12.2. The minimum Gasteiger partial charge on any atom is -0.496 e. The Hall–Kier alpha value is -0.780. The van der Waals surface area contributed by atoms with Gasteiger partial charge in [-0.25, -0.2) is 0 Å². The molecule has 1 aliphatic heterocycles. The van der Waals surface area contributed by atoms with E-state index in [0.717, 1.165) is 35.3 Å². The minimum atomic E-state index is 0. The number of carbonyl (C=O) groups excluding carboxylic acids is 1. The van der Waals surface area contributed by atoms with Crippen molar-refractivity contribution in [2.45, 2.75) is 25.3 Å². The lowest BCUT2D eigenvalue weighted by Crippen LogP contribution is -2.38. The number of hydrogen-bond acceptors (Lipinski definition) is 3. The second-order valence-electron chi connectivity index (χ2n) is 5.11. The zero-order valence-electron chi connectivity index (χ0n) is 12.4. The van der Waals surface area contributed by atoms with Gasteiger partial charge >= 0.3 is 0 Å². The van der Waals surface area contributed by atoms with Crippen molar-refractivity contribution in [3.05, 3.63) is 28.2 Å². The number of rotatable bonds is 5. The summed E-state index contributed by atoms with van der Waals surface area (Å²) in [6.45, 7) is 1.91. The van der Waals surface area contributed by atoms with Gasteiger partial charge in [0.1, 0.15) is 5.75 Å². The second-order valence-corrected chi connectivity index (χ2v) is 6.02. The average Bonchev–Trinajstić information content (AvgIpc) is 2.98. The second kappa shape index (κ2) is 8.61. The molecule has 1 aliphatic rings. The van der Waals surface area contributed by atoms with E-state index >= 15 is 0 Å². The molecule has 0 bridgehead atoms. The number of likely N-dealkylation sites (N-methyl/N-ethyl adjacent to an activating group) is 1. The van der Waals surface area contributed by atoms with Crippen molar-refractivity contribution in [1.29, 1.82) is 0 Å². The van der Waals surface area contributed by atoms with Crippen LogP contribution in [0.25, 0.3) is 0 Å². The first-order chi connectivity index (χ1) is 9.61. The number of aryl methyl sites for hydroxylation is 1. The third-order valence-corrected chi connectivity index (χ3v) is 4.32. The van der Waals surface area contributed by atoms with Crippen molar-refractivity contribution in [2.75, 3.05) is 27.2 Å². The van der Waals surface area contributed by atoms with Crippen LogP contribution in [0, 0.1) is 0 Å². The van der Waals surface area contributed by atoms with E-state index in [1.54, 1.807) is 7.11 Å². The highest BCUT2D eigenvalue weighted by Gasteiger charge is 2.22. The van der Waals surface area contributed by atoms with Crippen molar-refractivity contribution < 1.29 is 9.53 Å². The molecule has 1 aromatic carbocycles. The third kappa shape index (κ3) is 4.87.